The first-order valence-electron chi connectivity index (χ1n) is 7.49. The van der Waals surface area contributed by atoms with E-state index in [9.17, 15) is 13.2 Å². The van der Waals surface area contributed by atoms with Gasteiger partial charge in [0.2, 0.25) is 15.9 Å². The Kier molecular flexibility index (Phi) is 4.63. The van der Waals surface area contributed by atoms with E-state index in [-0.39, 0.29) is 5.91 Å². The molecule has 0 bridgehead atoms. The zero-order chi connectivity index (χ0) is 16.7. The highest BCUT2D eigenvalue weighted by molar-refractivity contribution is 7.89. The number of rotatable bonds is 2. The molecule has 5 nitrogen and oxygen atoms in total. The third-order valence-electron chi connectivity index (χ3n) is 4.58. The van der Waals surface area contributed by atoms with Crippen LogP contribution in [0, 0.1) is 27.7 Å². The van der Waals surface area contributed by atoms with Crippen molar-refractivity contribution in [2.24, 2.45) is 0 Å². The van der Waals surface area contributed by atoms with E-state index in [1.165, 1.54) is 11.2 Å². The molecule has 22 heavy (non-hydrogen) atoms. The Morgan fingerprint density at radius 3 is 1.82 bits per heavy atom. The smallest absolute Gasteiger partial charge is 0.243 e. The van der Waals surface area contributed by atoms with Gasteiger partial charge in [0, 0.05) is 33.1 Å². The lowest BCUT2D eigenvalue weighted by Crippen LogP contribution is -2.50. The van der Waals surface area contributed by atoms with Crippen molar-refractivity contribution in [1.82, 2.24) is 9.21 Å². The van der Waals surface area contributed by atoms with Gasteiger partial charge in [-0.1, -0.05) is 6.07 Å². The molecule has 1 aliphatic heterocycles. The Labute approximate surface area is 133 Å². The van der Waals surface area contributed by atoms with Gasteiger partial charge in [-0.2, -0.15) is 4.31 Å². The molecule has 0 N–H and O–H groups in total. The summed E-state index contributed by atoms with van der Waals surface area (Å²) in [5, 5.41) is 0. The molecule has 0 aromatic heterocycles. The summed E-state index contributed by atoms with van der Waals surface area (Å²) in [5.41, 5.74) is 3.61. The van der Waals surface area contributed by atoms with Gasteiger partial charge < -0.3 is 4.90 Å². The van der Waals surface area contributed by atoms with Crippen LogP contribution in [0.15, 0.2) is 11.0 Å². The van der Waals surface area contributed by atoms with Gasteiger partial charge in [0.05, 0.1) is 4.90 Å². The lowest BCUT2D eigenvalue weighted by Gasteiger charge is -2.34. The van der Waals surface area contributed by atoms with Crippen molar-refractivity contribution in [2.45, 2.75) is 39.5 Å². The molecule has 1 aromatic rings. The number of piperazine rings is 1. The van der Waals surface area contributed by atoms with Gasteiger partial charge in [0.25, 0.3) is 0 Å². The molecule has 0 saturated carbocycles. The zero-order valence-corrected chi connectivity index (χ0v) is 14.7. The highest BCUT2D eigenvalue weighted by Gasteiger charge is 2.32. The molecule has 0 radical (unpaired) electrons. The maximum Gasteiger partial charge on any atom is 0.243 e. The first-order valence-corrected chi connectivity index (χ1v) is 8.93. The van der Waals surface area contributed by atoms with E-state index in [2.05, 4.69) is 0 Å². The quantitative estimate of drug-likeness (QED) is 0.833. The number of sulfonamides is 1. The second-order valence-corrected chi connectivity index (χ2v) is 7.87. The summed E-state index contributed by atoms with van der Waals surface area (Å²) in [6.07, 6.45) is 0. The van der Waals surface area contributed by atoms with Crippen LogP contribution in [0.25, 0.3) is 0 Å². The Balaban J connectivity index is 2.39. The first kappa shape index (κ1) is 17.0. The van der Waals surface area contributed by atoms with Crippen molar-refractivity contribution in [3.63, 3.8) is 0 Å². The SMILES string of the molecule is CC(=O)N1CCN(S(=O)(=O)c2c(C)c(C)cc(C)c2C)CC1. The molecule has 1 aliphatic rings. The van der Waals surface area contributed by atoms with Gasteiger partial charge in [-0.25, -0.2) is 8.42 Å². The molecule has 6 heteroatoms. The average Bonchev–Trinajstić information content (AvgIpc) is 2.45. The molecule has 1 fully saturated rings. The number of hydrogen-bond acceptors (Lipinski definition) is 3. The van der Waals surface area contributed by atoms with E-state index in [0.29, 0.717) is 31.1 Å². The topological polar surface area (TPSA) is 57.7 Å². The largest absolute Gasteiger partial charge is 0.340 e. The summed E-state index contributed by atoms with van der Waals surface area (Å²) in [6.45, 7) is 10.7. The normalized spacial score (nSPS) is 16.9. The number of nitrogens with zero attached hydrogens (tertiary/aromatic N) is 2. The molecule has 0 atom stereocenters. The Bertz CT molecular complexity index is 676. The van der Waals surface area contributed by atoms with Crippen LogP contribution in [0.4, 0.5) is 0 Å². The van der Waals surface area contributed by atoms with Crippen LogP contribution >= 0.6 is 0 Å². The minimum absolute atomic E-state index is 0.00388. The van der Waals surface area contributed by atoms with Crippen LogP contribution in [0.5, 0.6) is 0 Å². The van der Waals surface area contributed by atoms with Gasteiger partial charge in [-0.15, -0.1) is 0 Å². The number of aryl methyl sites for hydroxylation is 2. The van der Waals surface area contributed by atoms with Crippen LogP contribution < -0.4 is 0 Å². The Hall–Kier alpha value is -1.40. The van der Waals surface area contributed by atoms with E-state index in [1.54, 1.807) is 4.90 Å². The van der Waals surface area contributed by atoms with Gasteiger partial charge in [-0.05, 0) is 49.9 Å². The van der Waals surface area contributed by atoms with Gasteiger partial charge >= 0.3 is 0 Å². The molecule has 2 rings (SSSR count). The predicted octanol–water partition coefficient (Wildman–Crippen LogP) is 1.77. The highest BCUT2D eigenvalue weighted by atomic mass is 32.2. The molecule has 1 amide bonds. The third-order valence-corrected chi connectivity index (χ3v) is 6.75. The number of hydrogen-bond donors (Lipinski definition) is 0. The maximum absolute atomic E-state index is 13.0. The molecule has 0 aliphatic carbocycles. The van der Waals surface area contributed by atoms with E-state index >= 15 is 0 Å². The summed E-state index contributed by atoms with van der Waals surface area (Å²) in [6, 6.07) is 2.03. The Morgan fingerprint density at radius 1 is 0.955 bits per heavy atom. The fraction of sp³-hybridized carbons (Fsp3) is 0.562. The van der Waals surface area contributed by atoms with E-state index in [1.807, 2.05) is 33.8 Å². The van der Waals surface area contributed by atoms with Crippen molar-refractivity contribution < 1.29 is 13.2 Å². The monoisotopic (exact) mass is 324 g/mol. The third kappa shape index (κ3) is 2.90. The van der Waals surface area contributed by atoms with Crippen molar-refractivity contribution in [2.75, 3.05) is 26.2 Å². The van der Waals surface area contributed by atoms with Crippen molar-refractivity contribution in [3.8, 4) is 0 Å². The number of carbonyl (C=O) groups is 1. The molecule has 1 aromatic carbocycles. The maximum atomic E-state index is 13.0. The minimum Gasteiger partial charge on any atom is -0.340 e. The molecule has 122 valence electrons. The van der Waals surface area contributed by atoms with Gasteiger partial charge in [-0.3, -0.25) is 4.79 Å². The average molecular weight is 324 g/mol. The lowest BCUT2D eigenvalue weighted by atomic mass is 10.0. The molecule has 1 heterocycles. The van der Waals surface area contributed by atoms with Crippen molar-refractivity contribution >= 4 is 15.9 Å². The van der Waals surface area contributed by atoms with Crippen molar-refractivity contribution in [1.29, 1.82) is 0 Å². The van der Waals surface area contributed by atoms with Crippen LogP contribution in [-0.2, 0) is 14.8 Å². The fourth-order valence-electron chi connectivity index (χ4n) is 2.94. The number of amides is 1. The zero-order valence-electron chi connectivity index (χ0n) is 13.9. The minimum atomic E-state index is -3.52. The molecule has 0 spiro atoms. The lowest BCUT2D eigenvalue weighted by molar-refractivity contribution is -0.129. The summed E-state index contributed by atoms with van der Waals surface area (Å²) in [5.74, 6) is -0.00388. The molecular formula is C16H24N2O3S. The second kappa shape index (κ2) is 6.01. The van der Waals surface area contributed by atoms with Gasteiger partial charge in [0.15, 0.2) is 0 Å². The number of carbonyl (C=O) groups excluding carboxylic acids is 1. The van der Waals surface area contributed by atoms with Crippen LogP contribution in [-0.4, -0.2) is 49.7 Å². The summed E-state index contributed by atoms with van der Waals surface area (Å²) >= 11 is 0. The van der Waals surface area contributed by atoms with Crippen LogP contribution in [0.2, 0.25) is 0 Å². The Morgan fingerprint density at radius 2 is 1.41 bits per heavy atom. The molecule has 1 saturated heterocycles. The standard InChI is InChI=1S/C16H24N2O3S/c1-11-10-12(2)14(4)16(13(11)3)22(20,21)18-8-6-17(7-9-18)15(5)19/h10H,6-9H2,1-5H3. The summed E-state index contributed by atoms with van der Waals surface area (Å²) < 4.78 is 27.6. The second-order valence-electron chi connectivity index (χ2n) is 6.00. The van der Waals surface area contributed by atoms with Crippen molar-refractivity contribution in [3.05, 3.63) is 28.3 Å². The first-order chi connectivity index (χ1) is 10.2. The van der Waals surface area contributed by atoms with E-state index in [4.69, 9.17) is 0 Å². The van der Waals surface area contributed by atoms with E-state index in [0.717, 1.165) is 22.3 Å². The van der Waals surface area contributed by atoms with Crippen LogP contribution in [0.1, 0.15) is 29.2 Å². The summed E-state index contributed by atoms with van der Waals surface area (Å²) in [7, 11) is -3.52. The number of benzene rings is 1. The van der Waals surface area contributed by atoms with Crippen LogP contribution in [0.3, 0.4) is 0 Å². The van der Waals surface area contributed by atoms with E-state index < -0.39 is 10.0 Å². The fourth-order valence-corrected chi connectivity index (χ4v) is 4.94. The predicted molar refractivity (Wildman–Crippen MR) is 86.4 cm³/mol. The molecular weight excluding hydrogens is 300 g/mol. The highest BCUT2D eigenvalue weighted by Crippen LogP contribution is 2.29. The summed E-state index contributed by atoms with van der Waals surface area (Å²) in [4.78, 5) is 13.5. The molecule has 0 unspecified atom stereocenters. The van der Waals surface area contributed by atoms with Gasteiger partial charge in [0.1, 0.15) is 0 Å².